The van der Waals surface area contributed by atoms with E-state index in [1.54, 1.807) is 7.05 Å². The van der Waals surface area contributed by atoms with Gasteiger partial charge in [-0.3, -0.25) is 0 Å². The van der Waals surface area contributed by atoms with Crippen LogP contribution in [0.4, 0.5) is 11.4 Å². The van der Waals surface area contributed by atoms with E-state index in [9.17, 15) is 4.79 Å². The summed E-state index contributed by atoms with van der Waals surface area (Å²) >= 11 is -0.0343. The number of halogens is 1. The number of nitrogens with one attached hydrogen (secondary N) is 2. The van der Waals surface area contributed by atoms with Gasteiger partial charge in [0.1, 0.15) is 0 Å². The summed E-state index contributed by atoms with van der Waals surface area (Å²) in [5.41, 5.74) is 6.06. The Morgan fingerprint density at radius 1 is 1.07 bits per heavy atom. The van der Waals surface area contributed by atoms with Crippen molar-refractivity contribution >= 4 is 55.2 Å². The van der Waals surface area contributed by atoms with Crippen LogP contribution in [0.1, 0.15) is 45.8 Å². The minimum absolute atomic E-state index is 0.0555. The fourth-order valence-electron chi connectivity index (χ4n) is 4.58. The molecule has 3 heterocycles. The first kappa shape index (κ1) is 28.7. The van der Waals surface area contributed by atoms with Crippen LogP contribution in [-0.2, 0) is 0 Å². The zero-order valence-corrected chi connectivity index (χ0v) is 26.8. The van der Waals surface area contributed by atoms with Gasteiger partial charge in [0, 0.05) is 0 Å². The molecule has 0 spiro atoms. The molecule has 0 unspecified atom stereocenters. The molecular formula is C30H38IN7OS. The van der Waals surface area contributed by atoms with Crippen molar-refractivity contribution in [2.45, 2.75) is 43.9 Å². The summed E-state index contributed by atoms with van der Waals surface area (Å²) in [5.74, 6) is 0.732. The predicted octanol–water partition coefficient (Wildman–Crippen LogP) is 5.54. The number of thioether (sulfide) groups is 1. The van der Waals surface area contributed by atoms with Gasteiger partial charge in [-0.15, -0.1) is 0 Å². The molecule has 1 amide bonds. The second-order valence-electron chi connectivity index (χ2n) is 10.3. The molecule has 1 aliphatic heterocycles. The average Bonchev–Trinajstić information content (AvgIpc) is 3.77. The van der Waals surface area contributed by atoms with E-state index in [1.807, 2.05) is 37.1 Å². The summed E-state index contributed by atoms with van der Waals surface area (Å²) < 4.78 is 5.13. The Balaban J connectivity index is 1.38. The number of hydrogen-bond acceptors (Lipinski definition) is 8. The van der Waals surface area contributed by atoms with E-state index < -0.39 is 20.1 Å². The van der Waals surface area contributed by atoms with E-state index in [0.29, 0.717) is 5.25 Å². The van der Waals surface area contributed by atoms with E-state index in [2.05, 4.69) is 77.9 Å². The van der Waals surface area contributed by atoms with Gasteiger partial charge < -0.3 is 0 Å². The molecule has 212 valence electrons. The van der Waals surface area contributed by atoms with Crippen LogP contribution in [0.25, 0.3) is 6.08 Å². The first-order valence-corrected chi connectivity index (χ1v) is 18.8. The number of aryl methyl sites for hydroxylation is 3. The molecule has 0 atom stereocenters. The molecule has 40 heavy (non-hydrogen) atoms. The van der Waals surface area contributed by atoms with Crippen LogP contribution in [0.2, 0.25) is 0 Å². The first-order chi connectivity index (χ1) is 19.3. The van der Waals surface area contributed by atoms with E-state index >= 15 is 0 Å². The number of pyridine rings is 1. The number of hydrogen-bond donors (Lipinski definition) is 2. The summed E-state index contributed by atoms with van der Waals surface area (Å²) in [7, 11) is 1.70. The van der Waals surface area contributed by atoms with Crippen molar-refractivity contribution in [3.8, 4) is 0 Å². The first-order valence-electron chi connectivity index (χ1n) is 13.6. The standard InChI is InChI=1S/C30H38IN7OS/c1-20-16-26(29(39)32-5)25(10-11-37-12-14-38(15-13-37)23-18-33-22(3)34-19-23)27(17-20)31(4)36-28-9-6-21(2)35-30(28)40-24-7-8-24/h6,9-11,16-19,24,36H,7-8,12-15H2,1-5H3,(H,32,39)/b11-10+. The maximum absolute atomic E-state index is 13.0. The number of aromatic nitrogens is 3. The zero-order chi connectivity index (χ0) is 28.2. The van der Waals surface area contributed by atoms with E-state index in [0.717, 1.165) is 70.8 Å². The Bertz CT molecular complexity index is 1390. The number of piperazine rings is 1. The van der Waals surface area contributed by atoms with Gasteiger partial charge in [0.05, 0.1) is 0 Å². The summed E-state index contributed by atoms with van der Waals surface area (Å²) in [4.78, 5) is 33.5. The summed E-state index contributed by atoms with van der Waals surface area (Å²) in [6.07, 6.45) is 10.6. The Kier molecular flexibility index (Phi) is 9.14. The van der Waals surface area contributed by atoms with Crippen molar-refractivity contribution in [1.82, 2.24) is 25.2 Å². The SMILES string of the molecule is CNC(=O)c1cc(C)cc(I(C)Nc2ccc(C)nc2SC2CC2)c1/C=C/N1CCN(c2cnc(C)nc2)CC1. The second-order valence-corrected chi connectivity index (χ2v) is 16.0. The van der Waals surface area contributed by atoms with Crippen molar-refractivity contribution in [2.75, 3.05) is 46.6 Å². The molecule has 1 saturated carbocycles. The minimum atomic E-state index is -1.92. The van der Waals surface area contributed by atoms with Crippen molar-refractivity contribution in [3.63, 3.8) is 0 Å². The fraction of sp³-hybridized carbons (Fsp3) is 0.400. The molecule has 2 N–H and O–H groups in total. The van der Waals surface area contributed by atoms with Crippen LogP contribution in [0, 0.1) is 24.3 Å². The van der Waals surface area contributed by atoms with Crippen molar-refractivity contribution in [3.05, 3.63) is 74.6 Å². The van der Waals surface area contributed by atoms with E-state index in [1.165, 1.54) is 16.4 Å². The Morgan fingerprint density at radius 3 is 2.48 bits per heavy atom. The number of benzene rings is 1. The normalized spacial score (nSPS) is 15.9. The van der Waals surface area contributed by atoms with Crippen LogP contribution >= 0.6 is 31.9 Å². The second kappa shape index (κ2) is 12.8. The fourth-order valence-corrected chi connectivity index (χ4v) is 9.79. The van der Waals surface area contributed by atoms with Crippen molar-refractivity contribution in [2.24, 2.45) is 0 Å². The van der Waals surface area contributed by atoms with Gasteiger partial charge in [-0.05, 0) is 6.92 Å². The maximum atomic E-state index is 13.0. The van der Waals surface area contributed by atoms with Crippen LogP contribution < -0.4 is 13.7 Å². The molecular weight excluding hydrogens is 633 g/mol. The third-order valence-corrected chi connectivity index (χ3v) is 12.4. The molecule has 2 aliphatic rings. The van der Waals surface area contributed by atoms with Crippen molar-refractivity contribution in [1.29, 1.82) is 0 Å². The van der Waals surface area contributed by atoms with Crippen molar-refractivity contribution < 1.29 is 4.79 Å². The summed E-state index contributed by atoms with van der Waals surface area (Å²) in [6.45, 7) is 9.61. The molecule has 3 aromatic rings. The summed E-state index contributed by atoms with van der Waals surface area (Å²) in [5, 5.41) is 4.64. The van der Waals surface area contributed by atoms with Gasteiger partial charge >= 0.3 is 243 Å². The quantitative estimate of drug-likeness (QED) is 0.175. The number of carbonyl (C=O) groups excluding carboxylic acids is 1. The Labute approximate surface area is 249 Å². The molecule has 0 bridgehead atoms. The van der Waals surface area contributed by atoms with Gasteiger partial charge in [0.15, 0.2) is 0 Å². The Morgan fingerprint density at radius 2 is 1.80 bits per heavy atom. The molecule has 1 aromatic carbocycles. The molecule has 2 fully saturated rings. The van der Waals surface area contributed by atoms with Gasteiger partial charge in [0.2, 0.25) is 0 Å². The average molecular weight is 672 g/mol. The molecule has 10 heteroatoms. The van der Waals surface area contributed by atoms with Crippen LogP contribution in [0.5, 0.6) is 0 Å². The van der Waals surface area contributed by atoms with Gasteiger partial charge in [-0.1, -0.05) is 0 Å². The number of alkyl halides is 1. The third-order valence-electron chi connectivity index (χ3n) is 7.00. The predicted molar refractivity (Wildman–Crippen MR) is 174 cm³/mol. The van der Waals surface area contributed by atoms with Gasteiger partial charge in [0.25, 0.3) is 0 Å². The molecule has 5 rings (SSSR count). The van der Waals surface area contributed by atoms with Crippen LogP contribution in [0.3, 0.4) is 0 Å². The zero-order valence-electron chi connectivity index (χ0n) is 23.9. The monoisotopic (exact) mass is 671 g/mol. The van der Waals surface area contributed by atoms with E-state index in [4.69, 9.17) is 4.98 Å². The molecule has 1 aliphatic carbocycles. The summed E-state index contributed by atoms with van der Waals surface area (Å²) in [6, 6.07) is 8.51. The number of anilines is 2. The third kappa shape index (κ3) is 7.06. The number of nitrogens with zero attached hydrogens (tertiary/aromatic N) is 5. The Hall–Kier alpha value is -2.86. The molecule has 1 saturated heterocycles. The topological polar surface area (TPSA) is 86.3 Å². The van der Waals surface area contributed by atoms with Crippen LogP contribution in [0.15, 0.2) is 47.9 Å². The van der Waals surface area contributed by atoms with Gasteiger partial charge in [-0.2, -0.15) is 0 Å². The molecule has 2 aromatic heterocycles. The number of rotatable bonds is 9. The molecule has 0 radical (unpaired) electrons. The van der Waals surface area contributed by atoms with E-state index in [-0.39, 0.29) is 5.91 Å². The number of amides is 1. The van der Waals surface area contributed by atoms with Gasteiger partial charge in [-0.25, -0.2) is 0 Å². The number of carbonyl (C=O) groups is 1. The molecule has 8 nitrogen and oxygen atoms in total. The van der Waals surface area contributed by atoms with Crippen LogP contribution in [-0.4, -0.2) is 69.2 Å².